The highest BCUT2D eigenvalue weighted by molar-refractivity contribution is 5.75. The van der Waals surface area contributed by atoms with E-state index < -0.39 is 0 Å². The quantitative estimate of drug-likeness (QED) is 0.686. The first-order valence-corrected chi connectivity index (χ1v) is 4.34. The fourth-order valence-electron chi connectivity index (χ4n) is 1.26. The number of nitrogens with zero attached hydrogens (tertiary/aromatic N) is 3. The van der Waals surface area contributed by atoms with Crippen molar-refractivity contribution in [3.63, 3.8) is 0 Å². The van der Waals surface area contributed by atoms with Gasteiger partial charge in [0.05, 0.1) is 17.4 Å². The second-order valence-electron chi connectivity index (χ2n) is 3.00. The fourth-order valence-corrected chi connectivity index (χ4v) is 1.26. The van der Waals surface area contributed by atoms with Crippen molar-refractivity contribution in [2.75, 3.05) is 0 Å². The Kier molecular flexibility index (Phi) is 2.30. The molecule has 0 N–H and O–H groups in total. The van der Waals surface area contributed by atoms with E-state index in [1.807, 2.05) is 12.1 Å². The molecule has 4 nitrogen and oxygen atoms in total. The average molecular weight is 197 g/mol. The van der Waals surface area contributed by atoms with Crippen LogP contribution in [-0.4, -0.2) is 16.1 Å². The molecule has 0 radical (unpaired) electrons. The van der Waals surface area contributed by atoms with Crippen LogP contribution in [0.3, 0.4) is 0 Å². The van der Waals surface area contributed by atoms with Crippen LogP contribution in [0.2, 0.25) is 0 Å². The van der Waals surface area contributed by atoms with Crippen LogP contribution < -0.4 is 0 Å². The van der Waals surface area contributed by atoms with E-state index in [2.05, 4.69) is 5.10 Å². The van der Waals surface area contributed by atoms with Crippen molar-refractivity contribution >= 4 is 6.29 Å². The van der Waals surface area contributed by atoms with Crippen molar-refractivity contribution in [1.29, 1.82) is 5.26 Å². The predicted octanol–water partition coefficient (Wildman–Crippen LogP) is 1.56. The van der Waals surface area contributed by atoms with Crippen molar-refractivity contribution < 1.29 is 4.79 Å². The number of hydrogen-bond donors (Lipinski definition) is 0. The topological polar surface area (TPSA) is 58.7 Å². The maximum Gasteiger partial charge on any atom is 0.150 e. The Morgan fingerprint density at radius 2 is 2.33 bits per heavy atom. The van der Waals surface area contributed by atoms with Gasteiger partial charge in [0.1, 0.15) is 12.4 Å². The number of aldehydes is 1. The smallest absolute Gasteiger partial charge is 0.150 e. The summed E-state index contributed by atoms with van der Waals surface area (Å²) in [7, 11) is 0. The molecule has 0 amide bonds. The summed E-state index contributed by atoms with van der Waals surface area (Å²) in [6.45, 7) is 0. The number of hydrogen-bond acceptors (Lipinski definition) is 3. The maximum absolute atomic E-state index is 10.6. The molecule has 0 saturated carbocycles. The molecule has 0 aliphatic heterocycles. The molecule has 0 aliphatic carbocycles. The van der Waals surface area contributed by atoms with Crippen LogP contribution in [0.1, 0.15) is 15.9 Å². The van der Waals surface area contributed by atoms with Gasteiger partial charge in [0, 0.05) is 11.8 Å². The largest absolute Gasteiger partial charge is 0.298 e. The molecule has 72 valence electrons. The van der Waals surface area contributed by atoms with Gasteiger partial charge in [-0.1, -0.05) is 12.1 Å². The normalized spacial score (nSPS) is 9.53. The molecule has 0 atom stereocenters. The van der Waals surface area contributed by atoms with E-state index in [0.717, 1.165) is 12.0 Å². The van der Waals surface area contributed by atoms with Gasteiger partial charge >= 0.3 is 0 Å². The molecule has 0 aliphatic rings. The van der Waals surface area contributed by atoms with E-state index in [4.69, 9.17) is 5.26 Å². The molecular weight excluding hydrogens is 190 g/mol. The monoisotopic (exact) mass is 197 g/mol. The molecule has 1 aromatic carbocycles. The zero-order chi connectivity index (χ0) is 10.7. The molecule has 1 aromatic heterocycles. The third-order valence-corrected chi connectivity index (χ3v) is 1.98. The summed E-state index contributed by atoms with van der Waals surface area (Å²) in [6.07, 6.45) is 3.87. The van der Waals surface area contributed by atoms with Crippen LogP contribution in [0, 0.1) is 11.3 Å². The van der Waals surface area contributed by atoms with Crippen molar-refractivity contribution in [2.24, 2.45) is 0 Å². The number of carbonyl (C=O) groups excluding carboxylic acids is 1. The molecule has 15 heavy (non-hydrogen) atoms. The van der Waals surface area contributed by atoms with Gasteiger partial charge in [-0.05, 0) is 12.1 Å². The van der Waals surface area contributed by atoms with E-state index in [1.165, 1.54) is 6.20 Å². The van der Waals surface area contributed by atoms with Gasteiger partial charge in [-0.25, -0.2) is 4.68 Å². The molecule has 4 heteroatoms. The summed E-state index contributed by atoms with van der Waals surface area (Å²) >= 11 is 0. The van der Waals surface area contributed by atoms with Crippen molar-refractivity contribution in [1.82, 2.24) is 9.78 Å². The number of benzene rings is 1. The molecule has 2 aromatic rings. The van der Waals surface area contributed by atoms with E-state index >= 15 is 0 Å². The third kappa shape index (κ3) is 1.76. The predicted molar refractivity (Wildman–Crippen MR) is 53.7 cm³/mol. The lowest BCUT2D eigenvalue weighted by Crippen LogP contribution is -1.94. The number of aromatic nitrogens is 2. The summed E-state index contributed by atoms with van der Waals surface area (Å²) in [4.78, 5) is 10.6. The zero-order valence-corrected chi connectivity index (χ0v) is 7.79. The Morgan fingerprint density at radius 1 is 1.47 bits per heavy atom. The molecule has 0 bridgehead atoms. The van der Waals surface area contributed by atoms with E-state index in [-0.39, 0.29) is 0 Å². The number of nitriles is 1. The summed E-state index contributed by atoms with van der Waals surface area (Å²) < 4.78 is 1.56. The molecule has 2 rings (SSSR count). The second-order valence-corrected chi connectivity index (χ2v) is 3.00. The average Bonchev–Trinajstić information content (AvgIpc) is 2.78. The van der Waals surface area contributed by atoms with Gasteiger partial charge in [0.25, 0.3) is 0 Å². The van der Waals surface area contributed by atoms with Crippen LogP contribution in [0.5, 0.6) is 0 Å². The third-order valence-electron chi connectivity index (χ3n) is 1.98. The fraction of sp³-hybridized carbons (Fsp3) is 0. The van der Waals surface area contributed by atoms with Crippen molar-refractivity contribution in [3.8, 4) is 11.8 Å². The lowest BCUT2D eigenvalue weighted by molar-refractivity contribution is 0.112. The van der Waals surface area contributed by atoms with E-state index in [9.17, 15) is 4.79 Å². The van der Waals surface area contributed by atoms with Crippen molar-refractivity contribution in [3.05, 3.63) is 47.8 Å². The zero-order valence-electron chi connectivity index (χ0n) is 7.79. The molecule has 0 fully saturated rings. The highest BCUT2D eigenvalue weighted by Gasteiger charge is 2.00. The lowest BCUT2D eigenvalue weighted by Gasteiger charge is -2.00. The first-order chi connectivity index (χ1) is 7.33. The Hall–Kier alpha value is -2.41. The van der Waals surface area contributed by atoms with Gasteiger partial charge in [-0.2, -0.15) is 10.4 Å². The Balaban J connectivity index is 2.45. The SMILES string of the molecule is N#Cc1cnn(-c2cccc(C=O)c2)c1. The second kappa shape index (κ2) is 3.76. The summed E-state index contributed by atoms with van der Waals surface area (Å²) in [5, 5.41) is 12.7. The standard InChI is InChI=1S/C11H7N3O/c12-5-10-6-13-14(7-10)11-3-1-2-9(4-11)8-15/h1-4,6-8H. The van der Waals surface area contributed by atoms with Crippen LogP contribution in [0.25, 0.3) is 5.69 Å². The van der Waals surface area contributed by atoms with Crippen LogP contribution >= 0.6 is 0 Å². The summed E-state index contributed by atoms with van der Waals surface area (Å²) in [5.74, 6) is 0. The van der Waals surface area contributed by atoms with Crippen LogP contribution in [-0.2, 0) is 0 Å². The van der Waals surface area contributed by atoms with Gasteiger partial charge in [0.15, 0.2) is 0 Å². The minimum atomic E-state index is 0.492. The van der Waals surface area contributed by atoms with Gasteiger partial charge in [-0.3, -0.25) is 4.79 Å². The highest BCUT2D eigenvalue weighted by Crippen LogP contribution is 2.09. The van der Waals surface area contributed by atoms with Crippen LogP contribution in [0.15, 0.2) is 36.7 Å². The van der Waals surface area contributed by atoms with Gasteiger partial charge in [-0.15, -0.1) is 0 Å². The molecule has 1 heterocycles. The van der Waals surface area contributed by atoms with E-state index in [0.29, 0.717) is 11.1 Å². The lowest BCUT2D eigenvalue weighted by atomic mass is 10.2. The Bertz CT molecular complexity index is 537. The first kappa shape index (κ1) is 9.16. The molecule has 0 saturated heterocycles. The van der Waals surface area contributed by atoms with Gasteiger partial charge < -0.3 is 0 Å². The minimum absolute atomic E-state index is 0.492. The summed E-state index contributed by atoms with van der Waals surface area (Å²) in [5.41, 5.74) is 1.84. The van der Waals surface area contributed by atoms with Crippen LogP contribution in [0.4, 0.5) is 0 Å². The van der Waals surface area contributed by atoms with Gasteiger partial charge in [0.2, 0.25) is 0 Å². The minimum Gasteiger partial charge on any atom is -0.298 e. The number of rotatable bonds is 2. The molecule has 0 spiro atoms. The number of carbonyl (C=O) groups is 1. The van der Waals surface area contributed by atoms with E-state index in [1.54, 1.807) is 29.1 Å². The summed E-state index contributed by atoms with van der Waals surface area (Å²) in [6, 6.07) is 9.01. The Morgan fingerprint density at radius 3 is 3.00 bits per heavy atom. The molecular formula is C11H7N3O. The first-order valence-electron chi connectivity index (χ1n) is 4.34. The maximum atomic E-state index is 10.6. The van der Waals surface area contributed by atoms with Crippen molar-refractivity contribution in [2.45, 2.75) is 0 Å². The molecule has 0 unspecified atom stereocenters. The Labute approximate surface area is 86.4 Å². The highest BCUT2D eigenvalue weighted by atomic mass is 16.1.